The topological polar surface area (TPSA) is 47.0 Å². The highest BCUT2D eigenvalue weighted by molar-refractivity contribution is 7.13. The van der Waals surface area contributed by atoms with Gasteiger partial charge in [-0.3, -0.25) is 0 Å². The van der Waals surface area contributed by atoms with Crippen LogP contribution in [0.1, 0.15) is 0 Å². The molecule has 0 amide bonds. The molecule has 4 rings (SSSR count). The van der Waals surface area contributed by atoms with Crippen molar-refractivity contribution in [3.63, 3.8) is 0 Å². The van der Waals surface area contributed by atoms with E-state index in [1.54, 1.807) is 18.4 Å². The first kappa shape index (κ1) is 14.7. The molecule has 0 aliphatic rings. The number of aromatic nitrogens is 2. The van der Waals surface area contributed by atoms with Crippen molar-refractivity contribution in [3.05, 3.63) is 66.0 Å². The summed E-state index contributed by atoms with van der Waals surface area (Å²) in [5, 5.41) is 5.43. The minimum Gasteiger partial charge on any atom is -0.497 e. The number of rotatable bonds is 4. The first-order valence-electron chi connectivity index (χ1n) is 7.55. The molecule has 5 heteroatoms. The van der Waals surface area contributed by atoms with Gasteiger partial charge in [-0.1, -0.05) is 18.2 Å². The minimum absolute atomic E-state index is 0.751. The second-order valence-corrected chi connectivity index (χ2v) is 6.19. The largest absolute Gasteiger partial charge is 0.497 e. The van der Waals surface area contributed by atoms with Gasteiger partial charge < -0.3 is 10.1 Å². The maximum Gasteiger partial charge on any atom is 0.158 e. The van der Waals surface area contributed by atoms with Crippen molar-refractivity contribution < 1.29 is 4.74 Å². The first-order chi connectivity index (χ1) is 11.8. The van der Waals surface area contributed by atoms with E-state index < -0.39 is 0 Å². The number of methoxy groups -OCH3 is 1. The van der Waals surface area contributed by atoms with Gasteiger partial charge in [0.1, 0.15) is 11.4 Å². The average molecular weight is 333 g/mol. The van der Waals surface area contributed by atoms with Gasteiger partial charge in [0.15, 0.2) is 5.82 Å². The van der Waals surface area contributed by atoms with Crippen LogP contribution in [0.15, 0.2) is 66.0 Å². The van der Waals surface area contributed by atoms with Gasteiger partial charge in [0.2, 0.25) is 0 Å². The molecule has 1 N–H and O–H groups in total. The Kier molecular flexibility index (Phi) is 3.84. The Morgan fingerprint density at radius 3 is 2.29 bits per heavy atom. The summed E-state index contributed by atoms with van der Waals surface area (Å²) >= 11 is 1.65. The minimum atomic E-state index is 0.751. The molecule has 0 saturated carbocycles. The smallest absolute Gasteiger partial charge is 0.158 e. The zero-order chi connectivity index (χ0) is 16.4. The number of nitrogens with one attached hydrogen (secondary N) is 1. The molecule has 118 valence electrons. The highest BCUT2D eigenvalue weighted by Crippen LogP contribution is 2.32. The van der Waals surface area contributed by atoms with Crippen molar-refractivity contribution in [2.75, 3.05) is 12.4 Å². The predicted octanol–water partition coefficient (Wildman–Crippen LogP) is 5.11. The van der Waals surface area contributed by atoms with Gasteiger partial charge in [0, 0.05) is 5.69 Å². The van der Waals surface area contributed by atoms with Crippen LogP contribution >= 0.6 is 11.3 Å². The molecule has 0 bridgehead atoms. The maximum atomic E-state index is 5.21. The normalized spacial score (nSPS) is 10.7. The SMILES string of the molecule is COc1ccc(Nc2nc3ccccc3nc2-c2cccs2)cc1. The molecule has 0 aliphatic heterocycles. The second-order valence-electron chi connectivity index (χ2n) is 5.24. The first-order valence-corrected chi connectivity index (χ1v) is 8.43. The van der Waals surface area contributed by atoms with Crippen molar-refractivity contribution in [2.24, 2.45) is 0 Å². The number of hydrogen-bond acceptors (Lipinski definition) is 5. The predicted molar refractivity (Wildman–Crippen MR) is 99.1 cm³/mol. The Labute approximate surface area is 143 Å². The van der Waals surface area contributed by atoms with Crippen LogP contribution in [0.25, 0.3) is 21.6 Å². The summed E-state index contributed by atoms with van der Waals surface area (Å²) in [5.74, 6) is 1.57. The summed E-state index contributed by atoms with van der Waals surface area (Å²) in [5.41, 5.74) is 3.56. The van der Waals surface area contributed by atoms with E-state index in [1.807, 2.05) is 60.0 Å². The Morgan fingerprint density at radius 1 is 0.875 bits per heavy atom. The summed E-state index contributed by atoms with van der Waals surface area (Å²) in [6.45, 7) is 0. The number of benzene rings is 2. The number of fused-ring (bicyclic) bond motifs is 1. The van der Waals surface area contributed by atoms with Crippen LogP contribution in [0.3, 0.4) is 0 Å². The van der Waals surface area contributed by atoms with Crippen LogP contribution in [0.2, 0.25) is 0 Å². The van der Waals surface area contributed by atoms with Crippen molar-refractivity contribution in [2.45, 2.75) is 0 Å². The Bertz CT molecular complexity index is 966. The molecule has 4 nitrogen and oxygen atoms in total. The molecular weight excluding hydrogens is 318 g/mol. The third-order valence-corrected chi connectivity index (χ3v) is 4.55. The van der Waals surface area contributed by atoms with Gasteiger partial charge >= 0.3 is 0 Å². The van der Waals surface area contributed by atoms with Crippen LogP contribution in [0.5, 0.6) is 5.75 Å². The van der Waals surface area contributed by atoms with Crippen molar-refractivity contribution in [1.29, 1.82) is 0 Å². The second kappa shape index (κ2) is 6.29. The van der Waals surface area contributed by atoms with E-state index >= 15 is 0 Å². The number of anilines is 2. The molecule has 0 spiro atoms. The molecule has 0 saturated heterocycles. The summed E-state index contributed by atoms with van der Waals surface area (Å²) in [6.07, 6.45) is 0. The molecule has 2 aromatic carbocycles. The number of nitrogens with zero attached hydrogens (tertiary/aromatic N) is 2. The lowest BCUT2D eigenvalue weighted by atomic mass is 10.2. The van der Waals surface area contributed by atoms with E-state index in [9.17, 15) is 0 Å². The Morgan fingerprint density at radius 2 is 1.62 bits per heavy atom. The van der Waals surface area contributed by atoms with E-state index in [0.29, 0.717) is 0 Å². The zero-order valence-electron chi connectivity index (χ0n) is 13.1. The van der Waals surface area contributed by atoms with Crippen molar-refractivity contribution in [3.8, 4) is 16.3 Å². The lowest BCUT2D eigenvalue weighted by molar-refractivity contribution is 0.415. The van der Waals surface area contributed by atoms with Crippen molar-refractivity contribution >= 4 is 33.9 Å². The van der Waals surface area contributed by atoms with Crippen molar-refractivity contribution in [1.82, 2.24) is 9.97 Å². The molecule has 0 aliphatic carbocycles. The lowest BCUT2D eigenvalue weighted by Gasteiger charge is -2.11. The van der Waals surface area contributed by atoms with Crippen LogP contribution in [-0.4, -0.2) is 17.1 Å². The molecule has 2 heterocycles. The quantitative estimate of drug-likeness (QED) is 0.564. The highest BCUT2D eigenvalue weighted by Gasteiger charge is 2.12. The Balaban J connectivity index is 1.81. The van der Waals surface area contributed by atoms with Gasteiger partial charge in [-0.25, -0.2) is 9.97 Å². The number of ether oxygens (including phenoxy) is 1. The third-order valence-electron chi connectivity index (χ3n) is 3.68. The Hall–Kier alpha value is -2.92. The average Bonchev–Trinajstić information content (AvgIpc) is 3.16. The molecule has 0 atom stereocenters. The zero-order valence-corrected chi connectivity index (χ0v) is 13.9. The summed E-state index contributed by atoms with van der Waals surface area (Å²) < 4.78 is 5.21. The fourth-order valence-electron chi connectivity index (χ4n) is 2.48. The number of para-hydroxylation sites is 2. The third kappa shape index (κ3) is 2.81. The van der Waals surface area contributed by atoms with Gasteiger partial charge in [-0.05, 0) is 47.8 Å². The molecular formula is C19H15N3OS. The summed E-state index contributed by atoms with van der Waals surface area (Å²) in [7, 11) is 1.66. The molecule has 4 aromatic rings. The summed E-state index contributed by atoms with van der Waals surface area (Å²) in [6, 6.07) is 19.8. The fraction of sp³-hybridized carbons (Fsp3) is 0.0526. The monoisotopic (exact) mass is 333 g/mol. The van der Waals surface area contributed by atoms with E-state index in [2.05, 4.69) is 11.4 Å². The van der Waals surface area contributed by atoms with Crippen LogP contribution < -0.4 is 10.1 Å². The van der Waals surface area contributed by atoms with Crippen LogP contribution in [-0.2, 0) is 0 Å². The van der Waals surface area contributed by atoms with E-state index in [-0.39, 0.29) is 0 Å². The molecule has 24 heavy (non-hydrogen) atoms. The van der Waals surface area contributed by atoms with Gasteiger partial charge in [0.05, 0.1) is 23.0 Å². The number of thiophene rings is 1. The van der Waals surface area contributed by atoms with Crippen LogP contribution in [0.4, 0.5) is 11.5 Å². The van der Waals surface area contributed by atoms with E-state index in [1.165, 1.54) is 0 Å². The standard InChI is InChI=1S/C19H15N3OS/c1-23-14-10-8-13(9-11-14)20-19-18(17-7-4-12-24-17)21-15-5-2-3-6-16(15)22-19/h2-12H,1H3,(H,20,22). The highest BCUT2D eigenvalue weighted by atomic mass is 32.1. The van der Waals surface area contributed by atoms with Gasteiger partial charge in [0.25, 0.3) is 0 Å². The summed E-state index contributed by atoms with van der Waals surface area (Å²) in [4.78, 5) is 10.7. The van der Waals surface area contributed by atoms with E-state index in [0.717, 1.165) is 38.9 Å². The maximum absolute atomic E-state index is 5.21. The fourth-order valence-corrected chi connectivity index (χ4v) is 3.20. The molecule has 0 fully saturated rings. The number of hydrogen-bond donors (Lipinski definition) is 1. The molecule has 2 aromatic heterocycles. The van der Waals surface area contributed by atoms with Gasteiger partial charge in [-0.2, -0.15) is 0 Å². The van der Waals surface area contributed by atoms with E-state index in [4.69, 9.17) is 14.7 Å². The van der Waals surface area contributed by atoms with Gasteiger partial charge in [-0.15, -0.1) is 11.3 Å². The molecule has 0 radical (unpaired) electrons. The van der Waals surface area contributed by atoms with Crippen LogP contribution in [0, 0.1) is 0 Å². The lowest BCUT2D eigenvalue weighted by Crippen LogP contribution is -1.99. The molecule has 0 unspecified atom stereocenters.